The molecule has 0 saturated carbocycles. The van der Waals surface area contributed by atoms with Crippen molar-refractivity contribution in [3.05, 3.63) is 71.5 Å². The fourth-order valence-electron chi connectivity index (χ4n) is 3.52. The molecule has 0 N–H and O–H groups in total. The number of ether oxygens (including phenoxy) is 3. The van der Waals surface area contributed by atoms with E-state index in [1.54, 1.807) is 13.0 Å². The van der Waals surface area contributed by atoms with Gasteiger partial charge < -0.3 is 18.6 Å². The molecule has 10 heteroatoms. The Morgan fingerprint density at radius 1 is 0.912 bits per heavy atom. The second-order valence-corrected chi connectivity index (χ2v) is 7.13. The minimum Gasteiger partial charge on any atom is -0.451 e. The third-order valence-corrected chi connectivity index (χ3v) is 5.04. The van der Waals surface area contributed by atoms with Gasteiger partial charge in [0.25, 0.3) is 0 Å². The summed E-state index contributed by atoms with van der Waals surface area (Å²) in [4.78, 5) is 25.1. The maximum Gasteiger partial charge on any atom is 0.387 e. The fourth-order valence-corrected chi connectivity index (χ4v) is 3.52. The van der Waals surface area contributed by atoms with Gasteiger partial charge in [-0.3, -0.25) is 4.79 Å². The molecule has 4 rings (SSSR count). The summed E-state index contributed by atoms with van der Waals surface area (Å²) in [5, 5.41) is 2.39. The number of benzene rings is 3. The molecule has 1 heterocycles. The van der Waals surface area contributed by atoms with E-state index in [0.717, 1.165) is 29.0 Å². The highest BCUT2D eigenvalue weighted by molar-refractivity contribution is 6.08. The van der Waals surface area contributed by atoms with Crippen molar-refractivity contribution in [2.45, 2.75) is 20.1 Å². The Bertz CT molecular complexity index is 1380. The maximum atomic E-state index is 12.7. The van der Waals surface area contributed by atoms with E-state index < -0.39 is 48.6 Å². The van der Waals surface area contributed by atoms with Gasteiger partial charge in [0.1, 0.15) is 17.1 Å². The first-order chi connectivity index (χ1) is 16.2. The molecule has 3 aromatic carbocycles. The molecule has 176 valence electrons. The van der Waals surface area contributed by atoms with Crippen molar-refractivity contribution in [3.8, 4) is 11.5 Å². The van der Waals surface area contributed by atoms with Crippen LogP contribution in [0.3, 0.4) is 0 Å². The van der Waals surface area contributed by atoms with E-state index in [2.05, 4.69) is 9.47 Å². The standard InChI is InChI=1S/C24H16F4O6/c1-12-15-8-6-13-4-2-3-5-16(13)21(15)34-20(12)22(30)31-11-18(29)17-9-7-14(32-23(25)26)10-19(17)33-24(27)28/h2-10,23-24H,11H2,1H3. The molecule has 34 heavy (non-hydrogen) atoms. The predicted molar refractivity (Wildman–Crippen MR) is 113 cm³/mol. The molecule has 0 aliphatic carbocycles. The quantitative estimate of drug-likeness (QED) is 0.173. The molecule has 0 atom stereocenters. The lowest BCUT2D eigenvalue weighted by atomic mass is 10.1. The van der Waals surface area contributed by atoms with E-state index in [9.17, 15) is 27.2 Å². The van der Waals surface area contributed by atoms with Crippen molar-refractivity contribution in [1.29, 1.82) is 0 Å². The van der Waals surface area contributed by atoms with Crippen LogP contribution in [0, 0.1) is 6.92 Å². The molecular formula is C24H16F4O6. The van der Waals surface area contributed by atoms with Gasteiger partial charge in [0.15, 0.2) is 6.61 Å². The summed E-state index contributed by atoms with van der Waals surface area (Å²) < 4.78 is 69.4. The van der Waals surface area contributed by atoms with Gasteiger partial charge in [0, 0.05) is 22.4 Å². The minimum atomic E-state index is -3.33. The van der Waals surface area contributed by atoms with E-state index in [1.165, 1.54) is 0 Å². The highest BCUT2D eigenvalue weighted by atomic mass is 19.3. The topological polar surface area (TPSA) is 75.0 Å². The molecule has 1 aromatic heterocycles. The summed E-state index contributed by atoms with van der Waals surface area (Å²) in [7, 11) is 0. The second-order valence-electron chi connectivity index (χ2n) is 7.13. The molecule has 0 fully saturated rings. The molecule has 0 spiro atoms. The zero-order valence-electron chi connectivity index (χ0n) is 17.5. The molecule has 4 aromatic rings. The van der Waals surface area contributed by atoms with Crippen LogP contribution in [-0.2, 0) is 4.74 Å². The summed E-state index contributed by atoms with van der Waals surface area (Å²) >= 11 is 0. The lowest BCUT2D eigenvalue weighted by Gasteiger charge is -2.12. The van der Waals surface area contributed by atoms with Crippen molar-refractivity contribution >= 4 is 33.5 Å². The number of alkyl halides is 4. The largest absolute Gasteiger partial charge is 0.451 e. The summed E-state index contributed by atoms with van der Waals surface area (Å²) in [5.74, 6) is -3.11. The van der Waals surface area contributed by atoms with Crippen LogP contribution in [0.2, 0.25) is 0 Å². The first kappa shape index (κ1) is 23.1. The number of hydrogen-bond acceptors (Lipinski definition) is 6. The number of aryl methyl sites for hydroxylation is 1. The molecule has 0 saturated heterocycles. The van der Waals surface area contributed by atoms with Crippen LogP contribution in [0.5, 0.6) is 11.5 Å². The molecule has 0 aliphatic heterocycles. The summed E-state index contributed by atoms with van der Waals surface area (Å²) in [6.45, 7) is -5.70. The number of rotatable bonds is 8. The molecule has 0 bridgehead atoms. The number of fused-ring (bicyclic) bond motifs is 3. The smallest absolute Gasteiger partial charge is 0.387 e. The molecular weight excluding hydrogens is 460 g/mol. The van der Waals surface area contributed by atoms with E-state index >= 15 is 0 Å². The van der Waals surface area contributed by atoms with Crippen LogP contribution < -0.4 is 9.47 Å². The highest BCUT2D eigenvalue weighted by Gasteiger charge is 2.23. The SMILES string of the molecule is Cc1c(C(=O)OCC(=O)c2ccc(OC(F)F)cc2OC(F)F)oc2c1ccc1ccccc12. The summed E-state index contributed by atoms with van der Waals surface area (Å²) in [5.41, 5.74) is 0.589. The highest BCUT2D eigenvalue weighted by Crippen LogP contribution is 2.32. The van der Waals surface area contributed by atoms with Crippen molar-refractivity contribution in [2.24, 2.45) is 0 Å². The number of carbonyl (C=O) groups is 2. The number of carbonyl (C=O) groups excluding carboxylic acids is 2. The number of hydrogen-bond donors (Lipinski definition) is 0. The Morgan fingerprint density at radius 3 is 2.38 bits per heavy atom. The number of Topliss-reactive ketones (excluding diaryl/α,β-unsaturated/α-hetero) is 1. The monoisotopic (exact) mass is 476 g/mol. The van der Waals surface area contributed by atoms with E-state index in [1.807, 2.05) is 30.3 Å². The lowest BCUT2D eigenvalue weighted by Crippen LogP contribution is -2.16. The Morgan fingerprint density at radius 2 is 1.65 bits per heavy atom. The van der Waals surface area contributed by atoms with Crippen LogP contribution in [0.25, 0.3) is 21.7 Å². The van der Waals surface area contributed by atoms with E-state index in [-0.39, 0.29) is 5.76 Å². The minimum absolute atomic E-state index is 0.108. The average molecular weight is 476 g/mol. The van der Waals surface area contributed by atoms with Gasteiger partial charge in [-0.05, 0) is 24.4 Å². The first-order valence-corrected chi connectivity index (χ1v) is 9.89. The number of ketones is 1. The zero-order chi connectivity index (χ0) is 24.4. The number of esters is 1. The maximum absolute atomic E-state index is 12.7. The molecule has 0 amide bonds. The average Bonchev–Trinajstić information content (AvgIpc) is 3.13. The van der Waals surface area contributed by atoms with Crippen LogP contribution in [0.15, 0.2) is 59.0 Å². The van der Waals surface area contributed by atoms with Gasteiger partial charge in [-0.2, -0.15) is 17.6 Å². The van der Waals surface area contributed by atoms with Crippen LogP contribution in [0.4, 0.5) is 17.6 Å². The normalized spacial score (nSPS) is 11.4. The lowest BCUT2D eigenvalue weighted by molar-refractivity contribution is -0.0545. The van der Waals surface area contributed by atoms with E-state index in [0.29, 0.717) is 16.5 Å². The van der Waals surface area contributed by atoms with Gasteiger partial charge in [0.05, 0.1) is 5.56 Å². The van der Waals surface area contributed by atoms with Gasteiger partial charge >= 0.3 is 19.2 Å². The van der Waals surface area contributed by atoms with Crippen molar-refractivity contribution < 1.29 is 45.8 Å². The van der Waals surface area contributed by atoms with E-state index in [4.69, 9.17) is 9.15 Å². The Kier molecular flexibility index (Phi) is 6.40. The van der Waals surface area contributed by atoms with Crippen LogP contribution >= 0.6 is 0 Å². The number of halogens is 4. The van der Waals surface area contributed by atoms with Gasteiger partial charge in [-0.1, -0.05) is 36.4 Å². The van der Waals surface area contributed by atoms with Gasteiger partial charge in [-0.15, -0.1) is 0 Å². The van der Waals surface area contributed by atoms with Crippen molar-refractivity contribution in [2.75, 3.05) is 6.61 Å². The Labute approximate surface area is 189 Å². The van der Waals surface area contributed by atoms with Crippen LogP contribution in [0.1, 0.15) is 26.5 Å². The summed E-state index contributed by atoms with van der Waals surface area (Å²) in [6, 6.07) is 13.8. The summed E-state index contributed by atoms with van der Waals surface area (Å²) in [6.07, 6.45) is 0. The van der Waals surface area contributed by atoms with Gasteiger partial charge in [-0.25, -0.2) is 4.79 Å². The number of furan rings is 1. The fraction of sp³-hybridized carbons (Fsp3) is 0.167. The molecule has 0 radical (unpaired) electrons. The zero-order valence-corrected chi connectivity index (χ0v) is 17.5. The Balaban J connectivity index is 1.55. The van der Waals surface area contributed by atoms with Crippen molar-refractivity contribution in [3.63, 3.8) is 0 Å². The molecule has 0 aliphatic rings. The Hall–Kier alpha value is -4.08. The van der Waals surface area contributed by atoms with Gasteiger partial charge in [0.2, 0.25) is 11.5 Å². The first-order valence-electron chi connectivity index (χ1n) is 9.89. The molecule has 6 nitrogen and oxygen atoms in total. The third-order valence-electron chi connectivity index (χ3n) is 5.04. The molecule has 0 unspecified atom stereocenters. The van der Waals surface area contributed by atoms with Crippen LogP contribution in [-0.4, -0.2) is 31.6 Å². The third kappa shape index (κ3) is 4.66. The second kappa shape index (κ2) is 9.42. The van der Waals surface area contributed by atoms with Crippen molar-refractivity contribution in [1.82, 2.24) is 0 Å². The predicted octanol–water partition coefficient (Wildman–Crippen LogP) is 6.14.